The van der Waals surface area contributed by atoms with Crippen LogP contribution in [0.1, 0.15) is 36.8 Å². The van der Waals surface area contributed by atoms with Crippen molar-refractivity contribution in [3.05, 3.63) is 83.8 Å². The minimum atomic E-state index is -0.179. The van der Waals surface area contributed by atoms with Crippen molar-refractivity contribution < 1.29 is 4.39 Å². The molecular weight excluding hydrogens is 415 g/mol. The molecule has 0 saturated heterocycles. The third-order valence-corrected chi connectivity index (χ3v) is 5.76. The van der Waals surface area contributed by atoms with Gasteiger partial charge in [0, 0.05) is 36.6 Å². The molecule has 0 unspecified atom stereocenters. The summed E-state index contributed by atoms with van der Waals surface area (Å²) < 4.78 is 15.6. The van der Waals surface area contributed by atoms with E-state index in [1.165, 1.54) is 6.07 Å². The number of nitrogens with one attached hydrogen (secondary N) is 1. The van der Waals surface area contributed by atoms with Crippen molar-refractivity contribution in [3.63, 3.8) is 0 Å². The summed E-state index contributed by atoms with van der Waals surface area (Å²) in [4.78, 5) is 17.3. The van der Waals surface area contributed by atoms with Gasteiger partial charge in [-0.3, -0.25) is 14.6 Å². The van der Waals surface area contributed by atoms with Gasteiger partial charge in [-0.2, -0.15) is 5.10 Å². The molecule has 0 aliphatic carbocycles. The van der Waals surface area contributed by atoms with E-state index in [9.17, 15) is 4.39 Å². The second-order valence-corrected chi connectivity index (χ2v) is 8.53. The Labute approximate surface area is 191 Å². The van der Waals surface area contributed by atoms with Crippen LogP contribution in [0.25, 0.3) is 33.7 Å². The molecule has 5 rings (SSSR count). The van der Waals surface area contributed by atoms with Crippen LogP contribution < -0.4 is 0 Å². The molecule has 3 heterocycles. The molecule has 1 N–H and O–H groups in total. The van der Waals surface area contributed by atoms with Gasteiger partial charge < -0.3 is 4.98 Å². The summed E-state index contributed by atoms with van der Waals surface area (Å²) in [5, 5.41) is 4.76. The number of nitrogens with zero attached hydrogens (tertiary/aromatic N) is 5. The van der Waals surface area contributed by atoms with Gasteiger partial charge >= 0.3 is 0 Å². The first-order valence-electron chi connectivity index (χ1n) is 11.1. The molecule has 0 atom stereocenters. The first-order chi connectivity index (χ1) is 16.0. The van der Waals surface area contributed by atoms with Gasteiger partial charge in [0.05, 0.1) is 22.4 Å². The maximum atomic E-state index is 13.6. The standard InChI is InChI=1S/C26H25FN6/c1-16(2)33-13-10-22(32-33)26-25(19-6-8-21-23(15-19)29-12-11-28-21)30-24(31-26)9-5-18-4-7-20(27)17(3)14-18/h4,6-8,10-16H,5,9H2,1-3H3,(H,30,31). The summed E-state index contributed by atoms with van der Waals surface area (Å²) in [5.74, 6) is 0.682. The van der Waals surface area contributed by atoms with E-state index in [2.05, 4.69) is 28.8 Å². The molecule has 2 aromatic carbocycles. The average Bonchev–Trinajstić information content (AvgIpc) is 3.47. The van der Waals surface area contributed by atoms with Gasteiger partial charge in [0.2, 0.25) is 0 Å². The van der Waals surface area contributed by atoms with E-state index < -0.39 is 0 Å². The summed E-state index contributed by atoms with van der Waals surface area (Å²) >= 11 is 0. The fraction of sp³-hybridized carbons (Fsp3) is 0.231. The summed E-state index contributed by atoms with van der Waals surface area (Å²) in [6.45, 7) is 5.99. The molecule has 0 amide bonds. The summed E-state index contributed by atoms with van der Waals surface area (Å²) in [6, 6.07) is 13.5. The van der Waals surface area contributed by atoms with Crippen molar-refractivity contribution in [1.29, 1.82) is 0 Å². The topological polar surface area (TPSA) is 72.3 Å². The molecule has 166 valence electrons. The molecule has 7 heteroatoms. The van der Waals surface area contributed by atoms with Crippen molar-refractivity contribution >= 4 is 11.0 Å². The van der Waals surface area contributed by atoms with Crippen LogP contribution in [0.4, 0.5) is 4.39 Å². The molecule has 6 nitrogen and oxygen atoms in total. The van der Waals surface area contributed by atoms with Crippen molar-refractivity contribution in [2.75, 3.05) is 0 Å². The molecule has 5 aromatic rings. The molecule has 0 aliphatic rings. The summed E-state index contributed by atoms with van der Waals surface area (Å²) in [5.41, 5.74) is 6.91. The fourth-order valence-electron chi connectivity index (χ4n) is 3.93. The predicted octanol–water partition coefficient (Wildman–Crippen LogP) is 5.70. The zero-order chi connectivity index (χ0) is 22.9. The quantitative estimate of drug-likeness (QED) is 0.368. The molecule has 0 spiro atoms. The lowest BCUT2D eigenvalue weighted by molar-refractivity contribution is 0.534. The highest BCUT2D eigenvalue weighted by Gasteiger charge is 2.18. The molecule has 3 aromatic heterocycles. The Morgan fingerprint density at radius 3 is 2.55 bits per heavy atom. The van der Waals surface area contributed by atoms with Gasteiger partial charge in [-0.15, -0.1) is 0 Å². The Morgan fingerprint density at radius 1 is 0.970 bits per heavy atom. The van der Waals surface area contributed by atoms with E-state index in [0.717, 1.165) is 51.5 Å². The van der Waals surface area contributed by atoms with Crippen LogP contribution in [0.15, 0.2) is 61.1 Å². The monoisotopic (exact) mass is 440 g/mol. The zero-order valence-electron chi connectivity index (χ0n) is 18.9. The van der Waals surface area contributed by atoms with Gasteiger partial charge in [0.1, 0.15) is 17.3 Å². The van der Waals surface area contributed by atoms with Crippen molar-refractivity contribution in [3.8, 4) is 22.6 Å². The molecule has 0 bridgehead atoms. The van der Waals surface area contributed by atoms with E-state index in [0.29, 0.717) is 12.0 Å². The van der Waals surface area contributed by atoms with Gasteiger partial charge in [-0.05, 0) is 62.6 Å². The first-order valence-corrected chi connectivity index (χ1v) is 11.1. The van der Waals surface area contributed by atoms with Crippen LogP contribution >= 0.6 is 0 Å². The Kier molecular flexibility index (Phi) is 5.46. The van der Waals surface area contributed by atoms with E-state index in [4.69, 9.17) is 10.1 Å². The molecule has 0 radical (unpaired) electrons. The maximum absolute atomic E-state index is 13.6. The number of imidazole rings is 1. The molecule has 0 aliphatic heterocycles. The Morgan fingerprint density at radius 2 is 1.79 bits per heavy atom. The Bertz CT molecular complexity index is 1430. The highest BCUT2D eigenvalue weighted by molar-refractivity contribution is 5.84. The number of aromatic amines is 1. The van der Waals surface area contributed by atoms with Gasteiger partial charge in [-0.25, -0.2) is 9.37 Å². The van der Waals surface area contributed by atoms with Crippen LogP contribution in [-0.2, 0) is 12.8 Å². The van der Waals surface area contributed by atoms with E-state index in [-0.39, 0.29) is 11.9 Å². The average molecular weight is 441 g/mol. The highest BCUT2D eigenvalue weighted by Crippen LogP contribution is 2.31. The number of aryl methyl sites for hydroxylation is 3. The van der Waals surface area contributed by atoms with Crippen LogP contribution in [0.2, 0.25) is 0 Å². The van der Waals surface area contributed by atoms with Crippen molar-refractivity contribution in [2.24, 2.45) is 0 Å². The van der Waals surface area contributed by atoms with E-state index >= 15 is 0 Å². The van der Waals surface area contributed by atoms with Crippen molar-refractivity contribution in [1.82, 2.24) is 29.7 Å². The third kappa shape index (κ3) is 4.26. The highest BCUT2D eigenvalue weighted by atomic mass is 19.1. The number of halogens is 1. The normalized spacial score (nSPS) is 11.5. The number of hydrogen-bond donors (Lipinski definition) is 1. The SMILES string of the molecule is Cc1cc(CCc2nc(-c3ccc4nccnc4c3)c(-c3ccn(C(C)C)n3)[nH]2)ccc1F. The van der Waals surface area contributed by atoms with E-state index in [1.54, 1.807) is 19.3 Å². The predicted molar refractivity (Wildman–Crippen MR) is 127 cm³/mol. The zero-order valence-corrected chi connectivity index (χ0v) is 18.9. The number of benzene rings is 2. The fourth-order valence-corrected chi connectivity index (χ4v) is 3.93. The van der Waals surface area contributed by atoms with E-state index in [1.807, 2.05) is 47.3 Å². The molecule has 33 heavy (non-hydrogen) atoms. The first kappa shape index (κ1) is 21.0. The molecule has 0 fully saturated rings. The lowest BCUT2D eigenvalue weighted by Crippen LogP contribution is -2.01. The smallest absolute Gasteiger partial charge is 0.126 e. The summed E-state index contributed by atoms with van der Waals surface area (Å²) in [7, 11) is 0. The third-order valence-electron chi connectivity index (χ3n) is 5.76. The van der Waals surface area contributed by atoms with Crippen LogP contribution in [0.5, 0.6) is 0 Å². The summed E-state index contributed by atoms with van der Waals surface area (Å²) in [6.07, 6.45) is 6.83. The van der Waals surface area contributed by atoms with Gasteiger partial charge in [0.15, 0.2) is 0 Å². The minimum Gasteiger partial charge on any atom is -0.340 e. The number of rotatable bonds is 6. The number of hydrogen-bond acceptors (Lipinski definition) is 4. The minimum absolute atomic E-state index is 0.179. The van der Waals surface area contributed by atoms with Crippen LogP contribution in [0.3, 0.4) is 0 Å². The van der Waals surface area contributed by atoms with Crippen LogP contribution in [0, 0.1) is 12.7 Å². The second kappa shape index (κ2) is 8.58. The number of aromatic nitrogens is 6. The van der Waals surface area contributed by atoms with Crippen LogP contribution in [-0.4, -0.2) is 29.7 Å². The lowest BCUT2D eigenvalue weighted by atomic mass is 10.1. The van der Waals surface area contributed by atoms with Gasteiger partial charge in [-0.1, -0.05) is 18.2 Å². The lowest BCUT2D eigenvalue weighted by Gasteiger charge is -2.04. The van der Waals surface area contributed by atoms with Gasteiger partial charge in [0.25, 0.3) is 0 Å². The largest absolute Gasteiger partial charge is 0.340 e. The maximum Gasteiger partial charge on any atom is 0.126 e. The Balaban J connectivity index is 1.53. The van der Waals surface area contributed by atoms with Crippen molar-refractivity contribution in [2.45, 2.75) is 39.7 Å². The molecular formula is C26H25FN6. The second-order valence-electron chi connectivity index (χ2n) is 8.53. The molecule has 0 saturated carbocycles. The number of fused-ring (bicyclic) bond motifs is 1. The number of H-pyrrole nitrogens is 1. The Hall–Kier alpha value is -3.87.